The summed E-state index contributed by atoms with van der Waals surface area (Å²) >= 11 is 0. The van der Waals surface area contributed by atoms with Crippen molar-refractivity contribution >= 4 is 17.8 Å². The van der Waals surface area contributed by atoms with Crippen molar-refractivity contribution in [3.8, 4) is 0 Å². The van der Waals surface area contributed by atoms with Gasteiger partial charge in [-0.2, -0.15) is 0 Å². The highest BCUT2D eigenvalue weighted by Crippen LogP contribution is 2.31. The molecule has 3 fully saturated rings. The van der Waals surface area contributed by atoms with E-state index in [-0.39, 0.29) is 18.2 Å². The minimum Gasteiger partial charge on any atom is -0.345 e. The van der Waals surface area contributed by atoms with Crippen molar-refractivity contribution in [1.29, 1.82) is 0 Å². The van der Waals surface area contributed by atoms with Gasteiger partial charge in [0.25, 0.3) is 5.91 Å². The van der Waals surface area contributed by atoms with Gasteiger partial charge in [0.05, 0.1) is 6.42 Å². The Bertz CT molecular complexity index is 797. The van der Waals surface area contributed by atoms with Gasteiger partial charge in [0, 0.05) is 26.2 Å². The number of carbonyl (C=O) groups is 3. The number of rotatable bonds is 7. The van der Waals surface area contributed by atoms with Gasteiger partial charge in [-0.05, 0) is 56.7 Å². The van der Waals surface area contributed by atoms with E-state index in [4.69, 9.17) is 0 Å². The molecule has 3 aliphatic rings. The third-order valence-corrected chi connectivity index (χ3v) is 7.12. The summed E-state index contributed by atoms with van der Waals surface area (Å²) in [7, 11) is 1.83. The van der Waals surface area contributed by atoms with E-state index in [9.17, 15) is 14.4 Å². The maximum atomic E-state index is 12.9. The van der Waals surface area contributed by atoms with Crippen LogP contribution in [0.1, 0.15) is 44.1 Å². The second-order valence-corrected chi connectivity index (χ2v) is 9.21. The largest absolute Gasteiger partial charge is 0.345 e. The monoisotopic (exact) mass is 426 g/mol. The van der Waals surface area contributed by atoms with Crippen LogP contribution in [-0.4, -0.2) is 77.9 Å². The van der Waals surface area contributed by atoms with Crippen LogP contribution >= 0.6 is 0 Å². The molecule has 1 aromatic rings. The Balaban J connectivity index is 1.28. The summed E-state index contributed by atoms with van der Waals surface area (Å²) < 4.78 is 0. The van der Waals surface area contributed by atoms with E-state index >= 15 is 0 Å². The van der Waals surface area contributed by atoms with Gasteiger partial charge in [0.1, 0.15) is 6.04 Å². The molecule has 0 aromatic heterocycles. The zero-order valence-electron chi connectivity index (χ0n) is 18.5. The molecule has 7 nitrogen and oxygen atoms in total. The lowest BCUT2D eigenvalue weighted by atomic mass is 9.83. The van der Waals surface area contributed by atoms with Gasteiger partial charge in [0.15, 0.2) is 0 Å². The molecule has 0 spiro atoms. The van der Waals surface area contributed by atoms with E-state index in [1.165, 1.54) is 43.7 Å². The zero-order chi connectivity index (χ0) is 21.8. The average molecular weight is 427 g/mol. The minimum absolute atomic E-state index is 0.0318. The van der Waals surface area contributed by atoms with Crippen LogP contribution in [0.5, 0.6) is 0 Å². The molecule has 31 heavy (non-hydrogen) atoms. The first-order valence-electron chi connectivity index (χ1n) is 11.7. The first-order chi connectivity index (χ1) is 15.0. The second-order valence-electron chi connectivity index (χ2n) is 9.21. The van der Waals surface area contributed by atoms with Gasteiger partial charge in [-0.15, -0.1) is 0 Å². The Kier molecular flexibility index (Phi) is 6.90. The number of nitrogens with one attached hydrogen (secondary N) is 1. The third kappa shape index (κ3) is 5.09. The van der Waals surface area contributed by atoms with Crippen LogP contribution in [0.4, 0.5) is 4.79 Å². The molecule has 4 amide bonds. The topological polar surface area (TPSA) is 73.0 Å². The van der Waals surface area contributed by atoms with E-state index in [1.54, 1.807) is 4.90 Å². The first-order valence-corrected chi connectivity index (χ1v) is 11.7. The number of hydrogen-bond donors (Lipinski definition) is 1. The molecular formula is C24H34N4O3. The zero-order valence-corrected chi connectivity index (χ0v) is 18.5. The number of nitrogens with zero attached hydrogens (tertiary/aromatic N) is 3. The molecule has 3 atom stereocenters. The predicted octanol–water partition coefficient (Wildman–Crippen LogP) is 2.26. The van der Waals surface area contributed by atoms with Crippen LogP contribution in [0.2, 0.25) is 0 Å². The van der Waals surface area contributed by atoms with Crippen LogP contribution in [-0.2, 0) is 16.0 Å². The van der Waals surface area contributed by atoms with Gasteiger partial charge >= 0.3 is 6.03 Å². The molecule has 0 unspecified atom stereocenters. The van der Waals surface area contributed by atoms with Crippen LogP contribution in [0, 0.1) is 5.92 Å². The molecular weight excluding hydrogens is 392 g/mol. The lowest BCUT2D eigenvalue weighted by molar-refractivity contribution is -0.135. The number of fused-ring (bicyclic) bond motifs is 1. The maximum Gasteiger partial charge on any atom is 0.324 e. The van der Waals surface area contributed by atoms with E-state index < -0.39 is 12.1 Å². The van der Waals surface area contributed by atoms with Crippen molar-refractivity contribution in [2.75, 3.05) is 33.2 Å². The van der Waals surface area contributed by atoms with E-state index in [2.05, 4.69) is 10.2 Å². The van der Waals surface area contributed by atoms with Gasteiger partial charge < -0.3 is 15.1 Å². The summed E-state index contributed by atoms with van der Waals surface area (Å²) in [6.45, 7) is 3.42. The molecule has 3 heterocycles. The van der Waals surface area contributed by atoms with Crippen molar-refractivity contribution in [3.05, 3.63) is 35.9 Å². The summed E-state index contributed by atoms with van der Waals surface area (Å²) in [6, 6.07) is 9.21. The Hall–Kier alpha value is -2.41. The fraction of sp³-hybridized carbons (Fsp3) is 0.625. The standard InChI is InChI=1S/C24H34N4O3/c1-26(17-19-10-7-14-27-13-6-5-11-21(19)27)22(29)16-20-23(30)28(24(31)25-20)15-12-18-8-3-2-4-9-18/h2-4,8-9,19-21H,5-7,10-17H2,1H3,(H,25,31)/t19-,20+,21+/m0/s1. The fourth-order valence-corrected chi connectivity index (χ4v) is 5.39. The first kappa shape index (κ1) is 21.8. The Labute approximate surface area is 184 Å². The molecule has 0 aliphatic carbocycles. The summed E-state index contributed by atoms with van der Waals surface area (Å²) in [6.07, 6.45) is 6.77. The average Bonchev–Trinajstić information content (AvgIpc) is 3.05. The number of urea groups is 1. The normalized spacial score (nSPS) is 26.5. The maximum absolute atomic E-state index is 12.9. The molecule has 0 radical (unpaired) electrons. The summed E-state index contributed by atoms with van der Waals surface area (Å²) in [5.41, 5.74) is 1.08. The highest BCUT2D eigenvalue weighted by molar-refractivity contribution is 6.05. The van der Waals surface area contributed by atoms with Crippen LogP contribution in [0.15, 0.2) is 30.3 Å². The smallest absolute Gasteiger partial charge is 0.324 e. The molecule has 0 bridgehead atoms. The van der Waals surface area contributed by atoms with Crippen LogP contribution < -0.4 is 5.32 Å². The number of piperidine rings is 2. The molecule has 7 heteroatoms. The second kappa shape index (κ2) is 9.81. The molecule has 3 aliphatic heterocycles. The number of carbonyl (C=O) groups excluding carboxylic acids is 3. The molecule has 168 valence electrons. The summed E-state index contributed by atoms with van der Waals surface area (Å²) in [5.74, 6) is 0.134. The highest BCUT2D eigenvalue weighted by atomic mass is 16.2. The number of benzene rings is 1. The number of amides is 4. The molecule has 1 aromatic carbocycles. The molecule has 3 saturated heterocycles. The van der Waals surface area contributed by atoms with E-state index in [1.807, 2.05) is 37.4 Å². The van der Waals surface area contributed by atoms with Crippen LogP contribution in [0.3, 0.4) is 0 Å². The Morgan fingerprint density at radius 3 is 2.68 bits per heavy atom. The summed E-state index contributed by atoms with van der Waals surface area (Å²) in [5, 5.41) is 2.71. The van der Waals surface area contributed by atoms with Crippen molar-refractivity contribution in [3.63, 3.8) is 0 Å². The highest BCUT2D eigenvalue weighted by Gasteiger charge is 2.40. The lowest BCUT2D eigenvalue weighted by Gasteiger charge is -2.45. The minimum atomic E-state index is -0.754. The van der Waals surface area contributed by atoms with Gasteiger partial charge in [-0.3, -0.25) is 14.5 Å². The van der Waals surface area contributed by atoms with Gasteiger partial charge in [-0.1, -0.05) is 36.8 Å². The SMILES string of the molecule is CN(C[C@@H]1CCCN2CCCC[C@H]12)C(=O)C[C@H]1NC(=O)N(CCc2ccccc2)C1=O. The predicted molar refractivity (Wildman–Crippen MR) is 118 cm³/mol. The lowest BCUT2D eigenvalue weighted by Crippen LogP contribution is -2.51. The number of hydrogen-bond acceptors (Lipinski definition) is 4. The Morgan fingerprint density at radius 2 is 1.87 bits per heavy atom. The summed E-state index contributed by atoms with van der Waals surface area (Å²) in [4.78, 5) is 43.5. The van der Waals surface area contributed by atoms with Crippen molar-refractivity contribution in [2.45, 2.75) is 57.0 Å². The molecule has 0 saturated carbocycles. The third-order valence-electron chi connectivity index (χ3n) is 7.12. The fourth-order valence-electron chi connectivity index (χ4n) is 5.39. The van der Waals surface area contributed by atoms with Gasteiger partial charge in [0.2, 0.25) is 5.91 Å². The quantitative estimate of drug-likeness (QED) is 0.679. The molecule has 1 N–H and O–H groups in total. The van der Waals surface area contributed by atoms with Crippen molar-refractivity contribution in [1.82, 2.24) is 20.0 Å². The number of imide groups is 1. The van der Waals surface area contributed by atoms with E-state index in [0.29, 0.717) is 24.9 Å². The van der Waals surface area contributed by atoms with Crippen LogP contribution in [0.25, 0.3) is 0 Å². The Morgan fingerprint density at radius 1 is 1.10 bits per heavy atom. The molecule has 4 rings (SSSR count). The van der Waals surface area contributed by atoms with Crippen molar-refractivity contribution in [2.24, 2.45) is 5.92 Å². The van der Waals surface area contributed by atoms with Crippen molar-refractivity contribution < 1.29 is 14.4 Å². The van der Waals surface area contributed by atoms with E-state index in [0.717, 1.165) is 18.5 Å². The van der Waals surface area contributed by atoms with Gasteiger partial charge in [-0.25, -0.2) is 4.79 Å².